The number of amides is 1. The Balaban J connectivity index is 1.62. The number of nitrogens with one attached hydrogen (secondary N) is 1. The maximum atomic E-state index is 13.3. The summed E-state index contributed by atoms with van der Waals surface area (Å²) in [6, 6.07) is 35.7. The molecule has 2 N–H and O–H groups in total. The summed E-state index contributed by atoms with van der Waals surface area (Å²) < 4.78 is 0. The molecule has 0 aliphatic rings. The van der Waals surface area contributed by atoms with Gasteiger partial charge >= 0.3 is 5.97 Å². The van der Waals surface area contributed by atoms with Gasteiger partial charge in [0, 0.05) is 33.7 Å². The van der Waals surface area contributed by atoms with Gasteiger partial charge in [-0.3, -0.25) is 19.6 Å². The lowest BCUT2D eigenvalue weighted by Gasteiger charge is -2.28. The molecular formula is C36H29Cl2N3O3. The lowest BCUT2D eigenvalue weighted by atomic mass is 9.77. The largest absolute Gasteiger partial charge is 0.481 e. The van der Waals surface area contributed by atoms with Gasteiger partial charge in [0.1, 0.15) is 17.2 Å². The number of halogens is 2. The molecule has 0 radical (unpaired) electrons. The minimum Gasteiger partial charge on any atom is -0.481 e. The average molecular weight is 623 g/mol. The predicted molar refractivity (Wildman–Crippen MR) is 176 cm³/mol. The standard InChI is InChI=1S/C36H29Cl2N3O3/c37-29-17-7-4-14-26(29)22-36(35(43)44,23-27-15-5-8-18-30(27)38)24-40-33(25-12-2-1-3-13-25)28-16-6-9-19-31(28)41-34(42)32-20-10-11-21-39-32/h1-21,24,33H,22-23H2,(H,41,42)(H,43,44). The van der Waals surface area contributed by atoms with Crippen LogP contribution in [0.3, 0.4) is 0 Å². The second-order valence-corrected chi connectivity index (χ2v) is 11.2. The van der Waals surface area contributed by atoms with Gasteiger partial charge in [-0.2, -0.15) is 0 Å². The Morgan fingerprint density at radius 3 is 1.93 bits per heavy atom. The highest BCUT2D eigenvalue weighted by atomic mass is 35.5. The van der Waals surface area contributed by atoms with Gasteiger partial charge in [-0.15, -0.1) is 0 Å². The van der Waals surface area contributed by atoms with Crippen LogP contribution in [0.4, 0.5) is 5.69 Å². The fourth-order valence-electron chi connectivity index (χ4n) is 5.05. The van der Waals surface area contributed by atoms with Crippen LogP contribution in [0.5, 0.6) is 0 Å². The summed E-state index contributed by atoms with van der Waals surface area (Å²) in [6.45, 7) is 0. The first-order chi connectivity index (χ1) is 21.4. The van der Waals surface area contributed by atoms with Crippen LogP contribution in [-0.2, 0) is 17.6 Å². The molecule has 5 aromatic rings. The highest BCUT2D eigenvalue weighted by molar-refractivity contribution is 6.31. The van der Waals surface area contributed by atoms with Gasteiger partial charge in [0.25, 0.3) is 5.91 Å². The van der Waals surface area contributed by atoms with Crippen LogP contribution in [-0.4, -0.2) is 28.2 Å². The van der Waals surface area contributed by atoms with Gasteiger partial charge in [-0.1, -0.05) is 114 Å². The van der Waals surface area contributed by atoms with Crippen molar-refractivity contribution >= 4 is 47.0 Å². The number of anilines is 1. The molecule has 0 saturated carbocycles. The fourth-order valence-corrected chi connectivity index (χ4v) is 5.46. The van der Waals surface area contributed by atoms with Crippen LogP contribution >= 0.6 is 23.2 Å². The van der Waals surface area contributed by atoms with Crippen molar-refractivity contribution in [1.29, 1.82) is 0 Å². The van der Waals surface area contributed by atoms with E-state index in [1.54, 1.807) is 54.7 Å². The number of aromatic nitrogens is 1. The Morgan fingerprint density at radius 1 is 0.773 bits per heavy atom. The number of carboxylic acid groups (broad SMARTS) is 1. The maximum Gasteiger partial charge on any atom is 0.315 e. The zero-order valence-electron chi connectivity index (χ0n) is 23.6. The van der Waals surface area contributed by atoms with Gasteiger partial charge in [0.05, 0.1) is 0 Å². The number of para-hydroxylation sites is 1. The number of carbonyl (C=O) groups is 2. The van der Waals surface area contributed by atoms with E-state index in [1.807, 2.05) is 72.8 Å². The smallest absolute Gasteiger partial charge is 0.315 e. The van der Waals surface area contributed by atoms with Crippen molar-refractivity contribution in [1.82, 2.24) is 4.98 Å². The van der Waals surface area contributed by atoms with Gasteiger partial charge in [-0.25, -0.2) is 0 Å². The molecule has 220 valence electrons. The summed E-state index contributed by atoms with van der Waals surface area (Å²) in [5.74, 6) is -1.43. The number of aliphatic imine (C=N–C) groups is 1. The molecule has 4 aromatic carbocycles. The monoisotopic (exact) mass is 621 g/mol. The van der Waals surface area contributed by atoms with Crippen molar-refractivity contribution in [2.45, 2.75) is 18.9 Å². The first kappa shape index (κ1) is 30.7. The Bertz CT molecular complexity index is 1730. The zero-order chi connectivity index (χ0) is 30.9. The molecule has 0 bridgehead atoms. The molecule has 1 heterocycles. The van der Waals surface area contributed by atoms with Crippen molar-refractivity contribution in [2.75, 3.05) is 5.32 Å². The van der Waals surface area contributed by atoms with Crippen molar-refractivity contribution in [2.24, 2.45) is 10.4 Å². The Morgan fingerprint density at radius 2 is 1.34 bits per heavy atom. The molecule has 0 fully saturated rings. The number of rotatable bonds is 11. The highest BCUT2D eigenvalue weighted by Crippen LogP contribution is 2.36. The second kappa shape index (κ2) is 14.1. The number of pyridine rings is 1. The molecule has 1 atom stereocenters. The molecule has 44 heavy (non-hydrogen) atoms. The van der Waals surface area contributed by atoms with Crippen LogP contribution in [0, 0.1) is 5.41 Å². The van der Waals surface area contributed by atoms with E-state index < -0.39 is 17.4 Å². The second-order valence-electron chi connectivity index (χ2n) is 10.3. The van der Waals surface area contributed by atoms with E-state index >= 15 is 0 Å². The third-order valence-corrected chi connectivity index (χ3v) is 8.08. The van der Waals surface area contributed by atoms with Gasteiger partial charge in [0.15, 0.2) is 0 Å². The van der Waals surface area contributed by atoms with Crippen molar-refractivity contribution in [3.05, 3.63) is 166 Å². The maximum absolute atomic E-state index is 13.3. The van der Waals surface area contributed by atoms with Crippen LogP contribution in [0.15, 0.2) is 133 Å². The molecular weight excluding hydrogens is 593 g/mol. The molecule has 1 aromatic heterocycles. The Hall–Kier alpha value is -4.78. The van der Waals surface area contributed by atoms with Crippen LogP contribution < -0.4 is 5.32 Å². The lowest BCUT2D eigenvalue weighted by Crippen LogP contribution is -2.38. The van der Waals surface area contributed by atoms with E-state index in [9.17, 15) is 14.7 Å². The summed E-state index contributed by atoms with van der Waals surface area (Å²) in [6.07, 6.45) is 3.23. The van der Waals surface area contributed by atoms with E-state index in [2.05, 4.69) is 10.3 Å². The fraction of sp³-hybridized carbons (Fsp3) is 0.111. The third kappa shape index (κ3) is 7.22. The van der Waals surface area contributed by atoms with E-state index in [0.717, 1.165) is 5.56 Å². The third-order valence-electron chi connectivity index (χ3n) is 7.34. The normalized spacial score (nSPS) is 12.1. The molecule has 8 heteroatoms. The van der Waals surface area contributed by atoms with Crippen molar-refractivity contribution in [3.8, 4) is 0 Å². The quantitative estimate of drug-likeness (QED) is 0.145. The molecule has 0 aliphatic heterocycles. The predicted octanol–water partition coefficient (Wildman–Crippen LogP) is 8.36. The molecule has 0 aliphatic carbocycles. The number of hydrogen-bond donors (Lipinski definition) is 2. The van der Waals surface area contributed by atoms with Crippen LogP contribution in [0.2, 0.25) is 10.0 Å². The molecule has 0 spiro atoms. The number of nitrogens with zero attached hydrogens (tertiary/aromatic N) is 2. The summed E-state index contributed by atoms with van der Waals surface area (Å²) >= 11 is 13.1. The average Bonchev–Trinajstić information content (AvgIpc) is 3.04. The molecule has 1 unspecified atom stereocenters. The summed E-state index contributed by atoms with van der Waals surface area (Å²) in [7, 11) is 0. The lowest BCUT2D eigenvalue weighted by molar-refractivity contribution is -0.144. The number of benzene rings is 4. The summed E-state index contributed by atoms with van der Waals surface area (Å²) in [5, 5.41) is 14.7. The van der Waals surface area contributed by atoms with E-state index in [-0.39, 0.29) is 24.4 Å². The van der Waals surface area contributed by atoms with E-state index in [1.165, 1.54) is 6.21 Å². The van der Waals surface area contributed by atoms with Gasteiger partial charge in [0.2, 0.25) is 0 Å². The first-order valence-corrected chi connectivity index (χ1v) is 14.7. The molecule has 0 saturated heterocycles. The van der Waals surface area contributed by atoms with Gasteiger partial charge < -0.3 is 10.4 Å². The zero-order valence-corrected chi connectivity index (χ0v) is 25.1. The van der Waals surface area contributed by atoms with Gasteiger partial charge in [-0.05, 0) is 59.9 Å². The van der Waals surface area contributed by atoms with E-state index in [0.29, 0.717) is 32.4 Å². The first-order valence-electron chi connectivity index (χ1n) is 14.0. The molecule has 5 rings (SSSR count). The van der Waals surface area contributed by atoms with Crippen molar-refractivity contribution in [3.63, 3.8) is 0 Å². The number of carboxylic acids is 1. The minimum absolute atomic E-state index is 0.0797. The number of hydrogen-bond acceptors (Lipinski definition) is 4. The summed E-state index contributed by atoms with van der Waals surface area (Å²) in [4.78, 5) is 35.5. The summed E-state index contributed by atoms with van der Waals surface area (Å²) in [5.41, 5.74) is 2.16. The number of aliphatic carboxylic acids is 1. The highest BCUT2D eigenvalue weighted by Gasteiger charge is 2.39. The van der Waals surface area contributed by atoms with E-state index in [4.69, 9.17) is 28.2 Å². The molecule has 1 amide bonds. The topological polar surface area (TPSA) is 91.7 Å². The Kier molecular flexibility index (Phi) is 9.85. The number of carbonyl (C=O) groups excluding carboxylic acids is 1. The molecule has 6 nitrogen and oxygen atoms in total. The van der Waals surface area contributed by atoms with Crippen LogP contribution in [0.1, 0.15) is 38.8 Å². The Labute approximate surface area is 266 Å². The van der Waals surface area contributed by atoms with Crippen molar-refractivity contribution < 1.29 is 14.7 Å². The minimum atomic E-state index is -1.50. The SMILES string of the molecule is O=C(Nc1ccccc1C(N=CC(Cc1ccccc1Cl)(Cc1ccccc1Cl)C(=O)O)c1ccccc1)c1ccccn1. The van der Waals surface area contributed by atoms with Crippen LogP contribution in [0.25, 0.3) is 0 Å².